The molecule has 0 spiro atoms. The van der Waals surface area contributed by atoms with E-state index in [1.807, 2.05) is 0 Å². The molecule has 0 saturated carbocycles. The van der Waals surface area contributed by atoms with Crippen LogP contribution in [0.3, 0.4) is 0 Å². The molecule has 0 bridgehead atoms. The lowest BCUT2D eigenvalue weighted by Crippen LogP contribution is -2.20. The first-order valence-corrected chi connectivity index (χ1v) is 6.95. The first kappa shape index (κ1) is 14.5. The first-order chi connectivity index (χ1) is 9.92. The van der Waals surface area contributed by atoms with Gasteiger partial charge in [-0.15, -0.1) is 11.3 Å². The highest BCUT2D eigenvalue weighted by Gasteiger charge is 2.35. The molecule has 0 atom stereocenters. The fraction of sp³-hybridized carbons (Fsp3) is 0.286. The van der Waals surface area contributed by atoms with Crippen molar-refractivity contribution in [1.29, 1.82) is 0 Å². The summed E-state index contributed by atoms with van der Waals surface area (Å²) in [5.41, 5.74) is -0.717. The predicted octanol–water partition coefficient (Wildman–Crippen LogP) is 4.19. The van der Waals surface area contributed by atoms with Gasteiger partial charge in [0.2, 0.25) is 5.79 Å². The Hall–Kier alpha value is -1.44. The number of thiophene rings is 1. The molecule has 112 valence electrons. The second-order valence-corrected chi connectivity index (χ2v) is 5.73. The minimum atomic E-state index is -1.43. The van der Waals surface area contributed by atoms with Crippen molar-refractivity contribution < 1.29 is 27.0 Å². The van der Waals surface area contributed by atoms with Crippen LogP contribution < -0.4 is 0 Å². The summed E-state index contributed by atoms with van der Waals surface area (Å²) in [7, 11) is 0. The Balaban J connectivity index is 2.09. The molecule has 2 heterocycles. The van der Waals surface area contributed by atoms with Crippen molar-refractivity contribution in [2.45, 2.75) is 12.7 Å². The Morgan fingerprint density at radius 1 is 1.00 bits per heavy atom. The Kier molecular flexibility index (Phi) is 3.51. The lowest BCUT2D eigenvalue weighted by Gasteiger charge is -2.20. The SMILES string of the molecule is CC1(c2ccc(-c3c(F)c(F)cc(F)c3F)s2)OCCO1. The van der Waals surface area contributed by atoms with E-state index < -0.39 is 34.6 Å². The van der Waals surface area contributed by atoms with Gasteiger partial charge >= 0.3 is 0 Å². The fourth-order valence-corrected chi connectivity index (χ4v) is 3.26. The molecule has 1 aliphatic rings. The van der Waals surface area contributed by atoms with E-state index in [0.717, 1.165) is 11.3 Å². The van der Waals surface area contributed by atoms with Crippen molar-refractivity contribution in [1.82, 2.24) is 0 Å². The van der Waals surface area contributed by atoms with Crippen LogP contribution in [0.25, 0.3) is 10.4 Å². The zero-order valence-electron chi connectivity index (χ0n) is 10.9. The lowest BCUT2D eigenvalue weighted by molar-refractivity contribution is -0.146. The summed E-state index contributed by atoms with van der Waals surface area (Å²) in [6.07, 6.45) is 0. The molecular weight excluding hydrogens is 308 g/mol. The van der Waals surface area contributed by atoms with Gasteiger partial charge in [-0.1, -0.05) is 0 Å². The molecule has 0 N–H and O–H groups in total. The monoisotopic (exact) mass is 318 g/mol. The maximum atomic E-state index is 13.8. The van der Waals surface area contributed by atoms with Gasteiger partial charge in [0.05, 0.1) is 23.7 Å². The maximum Gasteiger partial charge on any atom is 0.201 e. The molecule has 7 heteroatoms. The van der Waals surface area contributed by atoms with Gasteiger partial charge in [-0.25, -0.2) is 17.6 Å². The number of benzene rings is 1. The molecule has 1 aromatic carbocycles. The van der Waals surface area contributed by atoms with E-state index in [4.69, 9.17) is 9.47 Å². The van der Waals surface area contributed by atoms with Crippen LogP contribution in [0, 0.1) is 23.3 Å². The molecule has 1 aliphatic heterocycles. The third kappa shape index (κ3) is 2.35. The van der Waals surface area contributed by atoms with Crippen molar-refractivity contribution in [3.05, 3.63) is 46.3 Å². The van der Waals surface area contributed by atoms with Crippen LogP contribution in [0.5, 0.6) is 0 Å². The van der Waals surface area contributed by atoms with Crippen LogP contribution in [0.4, 0.5) is 17.6 Å². The first-order valence-electron chi connectivity index (χ1n) is 6.14. The lowest BCUT2D eigenvalue weighted by atomic mass is 10.1. The Bertz CT molecular complexity index is 666. The minimum Gasteiger partial charge on any atom is -0.343 e. The van der Waals surface area contributed by atoms with Crippen LogP contribution in [0.2, 0.25) is 0 Å². The van der Waals surface area contributed by atoms with Crippen LogP contribution in [-0.4, -0.2) is 13.2 Å². The van der Waals surface area contributed by atoms with Gasteiger partial charge in [-0.05, 0) is 19.1 Å². The Morgan fingerprint density at radius 2 is 1.57 bits per heavy atom. The standard InChI is InChI=1S/C14H10F4O2S/c1-14(19-4-5-20-14)10-3-2-9(21-10)11-12(17)7(15)6-8(16)13(11)18/h2-3,6H,4-5H2,1H3. The highest BCUT2D eigenvalue weighted by atomic mass is 32.1. The van der Waals surface area contributed by atoms with E-state index >= 15 is 0 Å². The Morgan fingerprint density at radius 3 is 2.14 bits per heavy atom. The molecule has 2 nitrogen and oxygen atoms in total. The molecule has 1 fully saturated rings. The maximum absolute atomic E-state index is 13.8. The predicted molar refractivity (Wildman–Crippen MR) is 68.8 cm³/mol. The smallest absolute Gasteiger partial charge is 0.201 e. The van der Waals surface area contributed by atoms with Crippen molar-refractivity contribution in [3.63, 3.8) is 0 Å². The largest absolute Gasteiger partial charge is 0.343 e. The molecule has 0 unspecified atom stereocenters. The number of hydrogen-bond acceptors (Lipinski definition) is 3. The topological polar surface area (TPSA) is 18.5 Å². The fourth-order valence-electron chi connectivity index (χ4n) is 2.16. The zero-order chi connectivity index (χ0) is 15.2. The third-order valence-electron chi connectivity index (χ3n) is 3.25. The number of ether oxygens (including phenoxy) is 2. The van der Waals surface area contributed by atoms with E-state index in [1.54, 1.807) is 13.0 Å². The highest BCUT2D eigenvalue weighted by Crippen LogP contribution is 2.40. The summed E-state index contributed by atoms with van der Waals surface area (Å²) < 4.78 is 64.9. The van der Waals surface area contributed by atoms with Crippen molar-refractivity contribution >= 4 is 11.3 Å². The number of halogens is 4. The van der Waals surface area contributed by atoms with Gasteiger partial charge in [0.1, 0.15) is 0 Å². The molecule has 0 amide bonds. The van der Waals surface area contributed by atoms with Crippen LogP contribution in [0.1, 0.15) is 11.8 Å². The molecule has 3 rings (SSSR count). The average molecular weight is 318 g/mol. The molecule has 1 saturated heterocycles. The minimum absolute atomic E-state index is 0.0683. The van der Waals surface area contributed by atoms with Crippen LogP contribution >= 0.6 is 11.3 Å². The summed E-state index contributed by atoms with van der Waals surface area (Å²) in [6.45, 7) is 2.48. The van der Waals surface area contributed by atoms with Crippen molar-refractivity contribution in [3.8, 4) is 10.4 Å². The summed E-state index contributed by atoms with van der Waals surface area (Å²) in [4.78, 5) is 0.636. The summed E-state index contributed by atoms with van der Waals surface area (Å²) >= 11 is 0.964. The van der Waals surface area contributed by atoms with Crippen molar-refractivity contribution in [2.24, 2.45) is 0 Å². The second kappa shape index (κ2) is 5.08. The molecule has 2 aromatic rings. The number of hydrogen-bond donors (Lipinski definition) is 0. The van der Waals surface area contributed by atoms with Gasteiger partial charge in [0, 0.05) is 10.9 Å². The number of rotatable bonds is 2. The summed E-state index contributed by atoms with van der Waals surface area (Å²) in [6, 6.07) is 3.14. The normalized spacial score (nSPS) is 17.4. The van der Waals surface area contributed by atoms with E-state index in [9.17, 15) is 17.6 Å². The van der Waals surface area contributed by atoms with Gasteiger partial charge in [0.15, 0.2) is 23.3 Å². The van der Waals surface area contributed by atoms with E-state index in [1.165, 1.54) is 6.07 Å². The van der Waals surface area contributed by atoms with Gasteiger partial charge in [-0.3, -0.25) is 0 Å². The van der Waals surface area contributed by atoms with Crippen LogP contribution in [0.15, 0.2) is 18.2 Å². The van der Waals surface area contributed by atoms with Gasteiger partial charge in [-0.2, -0.15) is 0 Å². The van der Waals surface area contributed by atoms with E-state index in [2.05, 4.69) is 0 Å². The molecule has 0 aliphatic carbocycles. The van der Waals surface area contributed by atoms with Gasteiger partial charge < -0.3 is 9.47 Å². The molecule has 0 radical (unpaired) electrons. The highest BCUT2D eigenvalue weighted by molar-refractivity contribution is 7.15. The summed E-state index contributed by atoms with van der Waals surface area (Å²) in [5, 5.41) is 0. The average Bonchev–Trinajstić information content (AvgIpc) is 3.07. The molecule has 21 heavy (non-hydrogen) atoms. The Labute approximate surface area is 121 Å². The van der Waals surface area contributed by atoms with E-state index in [0.29, 0.717) is 18.1 Å². The van der Waals surface area contributed by atoms with Crippen molar-refractivity contribution in [2.75, 3.05) is 13.2 Å². The zero-order valence-corrected chi connectivity index (χ0v) is 11.7. The molecule has 1 aromatic heterocycles. The second-order valence-electron chi connectivity index (χ2n) is 4.65. The third-order valence-corrected chi connectivity index (χ3v) is 4.54. The van der Waals surface area contributed by atoms with Gasteiger partial charge in [0.25, 0.3) is 0 Å². The summed E-state index contributed by atoms with van der Waals surface area (Å²) in [5.74, 6) is -6.69. The quantitative estimate of drug-likeness (QED) is 0.610. The van der Waals surface area contributed by atoms with Crippen LogP contribution in [-0.2, 0) is 15.3 Å². The van der Waals surface area contributed by atoms with E-state index in [-0.39, 0.29) is 10.9 Å². The molecular formula is C14H10F4O2S.